The highest BCUT2D eigenvalue weighted by Crippen LogP contribution is 2.31. The Morgan fingerprint density at radius 2 is 1.48 bits per heavy atom. The number of carbonyl (C=O) groups excluding carboxylic acids is 6. The van der Waals surface area contributed by atoms with E-state index in [1.807, 2.05) is 13.8 Å². The number of hydrogen-bond acceptors (Lipinski definition) is 8. The fourth-order valence-electron chi connectivity index (χ4n) is 6.21. The maximum atomic E-state index is 13.8. The second-order valence-electron chi connectivity index (χ2n) is 13.8. The summed E-state index contributed by atoms with van der Waals surface area (Å²) in [6, 6.07) is 3.51. The number of ether oxygens (including phenoxy) is 1. The van der Waals surface area contributed by atoms with Crippen LogP contribution in [0.1, 0.15) is 103 Å². The van der Waals surface area contributed by atoms with Crippen LogP contribution in [0.3, 0.4) is 0 Å². The van der Waals surface area contributed by atoms with Gasteiger partial charge >= 0.3 is 12.1 Å². The molecule has 1 aromatic carbocycles. The van der Waals surface area contributed by atoms with Crippen molar-refractivity contribution in [1.29, 1.82) is 0 Å². The third kappa shape index (κ3) is 12.8. The van der Waals surface area contributed by atoms with Crippen molar-refractivity contribution in [3.05, 3.63) is 35.9 Å². The van der Waals surface area contributed by atoms with Crippen molar-refractivity contribution in [1.82, 2.24) is 26.6 Å². The minimum atomic E-state index is -1.36. The molecule has 2 unspecified atom stereocenters. The van der Waals surface area contributed by atoms with Crippen LogP contribution in [0.5, 0.6) is 0 Å². The smallest absolute Gasteiger partial charge is 0.407 e. The van der Waals surface area contributed by atoms with Crippen LogP contribution < -0.4 is 26.6 Å². The fraction of sp³-hybridized carbons (Fsp3) is 0.639. The molecule has 0 bridgehead atoms. The van der Waals surface area contributed by atoms with E-state index >= 15 is 0 Å². The molecule has 0 spiro atoms. The summed E-state index contributed by atoms with van der Waals surface area (Å²) in [7, 11) is 0. The van der Waals surface area contributed by atoms with E-state index in [-0.39, 0.29) is 30.8 Å². The molecular weight excluding hydrogens is 646 g/mol. The summed E-state index contributed by atoms with van der Waals surface area (Å²) in [6.07, 6.45) is 7.33. The molecule has 2 saturated carbocycles. The summed E-state index contributed by atoms with van der Waals surface area (Å²) in [4.78, 5) is 90.4. The van der Waals surface area contributed by atoms with E-state index in [0.29, 0.717) is 18.4 Å². The Morgan fingerprint density at radius 3 is 2.06 bits per heavy atom. The lowest BCUT2D eigenvalue weighted by atomic mass is 9.80. The molecule has 4 atom stereocenters. The van der Waals surface area contributed by atoms with Crippen LogP contribution >= 0.6 is 0 Å². The summed E-state index contributed by atoms with van der Waals surface area (Å²) < 4.78 is 5.30. The Balaban J connectivity index is 1.66. The van der Waals surface area contributed by atoms with Crippen molar-refractivity contribution in [3.8, 4) is 0 Å². The predicted octanol–water partition coefficient (Wildman–Crippen LogP) is 2.90. The van der Waals surface area contributed by atoms with Gasteiger partial charge in [0.25, 0.3) is 5.91 Å². The molecule has 50 heavy (non-hydrogen) atoms. The average Bonchev–Trinajstić information content (AvgIpc) is 3.08. The number of Topliss-reactive ketones (excluding diaryl/α,β-unsaturated/α-hetero) is 1. The molecule has 0 heterocycles. The van der Waals surface area contributed by atoms with Crippen molar-refractivity contribution in [2.24, 2.45) is 17.8 Å². The number of carbonyl (C=O) groups is 7. The largest absolute Gasteiger partial charge is 0.479 e. The normalized spacial score (nSPS) is 17.2. The van der Waals surface area contributed by atoms with Gasteiger partial charge in [-0.05, 0) is 49.0 Å². The van der Waals surface area contributed by atoms with E-state index in [0.717, 1.165) is 51.4 Å². The van der Waals surface area contributed by atoms with E-state index in [1.54, 1.807) is 25.1 Å². The van der Waals surface area contributed by atoms with Gasteiger partial charge in [-0.3, -0.25) is 24.0 Å². The summed E-state index contributed by atoms with van der Waals surface area (Å²) in [5.74, 6) is -5.17. The molecule has 1 aromatic rings. The monoisotopic (exact) mass is 699 g/mol. The number of nitrogens with one attached hydrogen (secondary N) is 5. The Hall–Kier alpha value is -4.49. The van der Waals surface area contributed by atoms with E-state index in [4.69, 9.17) is 4.74 Å². The standard InChI is InChI=1S/C36H53N5O9/c1-4-12-26(31(43)34(46)37-20-28(42)40-30(35(47)48)25-17-9-6-10-18-25)38-32(44)27(19-23-13-11-14-23)39-33(45)29(24-15-7-5-8-16-24)41-36(49)50-21-22(2)3/h6,9-10,17-18,22-24,26-27,29-30H,4-5,7-8,11-16,19-21H2,1-3H3,(H,37,46)(H,38,44)(H,39,45)(H,40,42)(H,41,49)(H,47,48)/t26?,27-,29-,30?/m0/s1. The second kappa shape index (κ2) is 20.2. The van der Waals surface area contributed by atoms with Crippen molar-refractivity contribution >= 4 is 41.5 Å². The summed E-state index contributed by atoms with van der Waals surface area (Å²) in [5, 5.41) is 22.3. The van der Waals surface area contributed by atoms with Gasteiger partial charge in [0.15, 0.2) is 6.04 Å². The number of carboxylic acid groups (broad SMARTS) is 1. The minimum absolute atomic E-state index is 0.111. The van der Waals surface area contributed by atoms with Gasteiger partial charge in [0.05, 0.1) is 19.2 Å². The molecule has 0 aromatic heterocycles. The number of amides is 5. The summed E-state index contributed by atoms with van der Waals surface area (Å²) >= 11 is 0. The van der Waals surface area contributed by atoms with Crippen LogP contribution in [0.15, 0.2) is 30.3 Å². The molecule has 6 N–H and O–H groups in total. The summed E-state index contributed by atoms with van der Waals surface area (Å²) in [5.41, 5.74) is 0.330. The van der Waals surface area contributed by atoms with Gasteiger partial charge in [0.2, 0.25) is 23.5 Å². The maximum Gasteiger partial charge on any atom is 0.407 e. The lowest BCUT2D eigenvalue weighted by Crippen LogP contribution is -2.59. The third-order valence-corrected chi connectivity index (χ3v) is 9.18. The van der Waals surface area contributed by atoms with Crippen LogP contribution in [0, 0.1) is 17.8 Å². The highest BCUT2D eigenvalue weighted by molar-refractivity contribution is 6.38. The first-order valence-corrected chi connectivity index (χ1v) is 17.8. The van der Waals surface area contributed by atoms with Gasteiger partial charge in [-0.25, -0.2) is 9.59 Å². The molecule has 14 heteroatoms. The van der Waals surface area contributed by atoms with Gasteiger partial charge in [-0.2, -0.15) is 0 Å². The molecule has 2 aliphatic carbocycles. The molecule has 3 rings (SSSR count). The van der Waals surface area contributed by atoms with Gasteiger partial charge in [-0.1, -0.05) is 96.0 Å². The van der Waals surface area contributed by atoms with E-state index in [9.17, 15) is 38.7 Å². The predicted molar refractivity (Wildman–Crippen MR) is 183 cm³/mol. The van der Waals surface area contributed by atoms with Gasteiger partial charge in [-0.15, -0.1) is 0 Å². The molecule has 14 nitrogen and oxygen atoms in total. The van der Waals surface area contributed by atoms with Crippen molar-refractivity contribution in [2.45, 2.75) is 116 Å². The van der Waals surface area contributed by atoms with Gasteiger partial charge < -0.3 is 36.4 Å². The molecule has 0 radical (unpaired) electrons. The molecular formula is C36H53N5O9. The Labute approximate surface area is 293 Å². The lowest BCUT2D eigenvalue weighted by Gasteiger charge is -2.33. The molecule has 0 saturated heterocycles. The Kier molecular flexibility index (Phi) is 16.2. The van der Waals surface area contributed by atoms with Crippen LogP contribution in [-0.4, -0.2) is 77.9 Å². The first-order valence-electron chi connectivity index (χ1n) is 17.8. The minimum Gasteiger partial charge on any atom is -0.479 e. The topological polar surface area (TPSA) is 209 Å². The first-order chi connectivity index (χ1) is 23.9. The van der Waals surface area contributed by atoms with E-state index in [2.05, 4.69) is 26.6 Å². The molecule has 2 fully saturated rings. The molecule has 0 aliphatic heterocycles. The van der Waals surface area contributed by atoms with Crippen molar-refractivity contribution < 1.29 is 43.4 Å². The van der Waals surface area contributed by atoms with Crippen LogP contribution in [-0.2, 0) is 33.5 Å². The number of aliphatic carboxylic acids is 1. The first kappa shape index (κ1) is 39.9. The highest BCUT2D eigenvalue weighted by atomic mass is 16.5. The quantitative estimate of drug-likeness (QED) is 0.117. The second-order valence-corrected chi connectivity index (χ2v) is 13.8. The fourth-order valence-corrected chi connectivity index (χ4v) is 6.21. The number of ketones is 1. The van der Waals surface area contributed by atoms with Crippen molar-refractivity contribution in [2.75, 3.05) is 13.2 Å². The van der Waals surface area contributed by atoms with Crippen molar-refractivity contribution in [3.63, 3.8) is 0 Å². The van der Waals surface area contributed by atoms with E-state index in [1.165, 1.54) is 12.1 Å². The van der Waals surface area contributed by atoms with Crippen LogP contribution in [0.25, 0.3) is 0 Å². The zero-order chi connectivity index (χ0) is 36.6. The number of rotatable bonds is 19. The number of alkyl carbamates (subject to hydrolysis) is 1. The zero-order valence-electron chi connectivity index (χ0n) is 29.3. The summed E-state index contributed by atoms with van der Waals surface area (Å²) in [6.45, 7) is 5.12. The number of benzene rings is 1. The highest BCUT2D eigenvalue weighted by Gasteiger charge is 2.37. The zero-order valence-corrected chi connectivity index (χ0v) is 29.3. The van der Waals surface area contributed by atoms with Gasteiger partial charge in [0.1, 0.15) is 12.1 Å². The third-order valence-electron chi connectivity index (χ3n) is 9.18. The SMILES string of the molecule is CCCC(NC(=O)[C@H](CC1CCC1)NC(=O)[C@@H](NC(=O)OCC(C)C)C1CCCCC1)C(=O)C(=O)NCC(=O)NC(C(=O)O)c1ccccc1. The van der Waals surface area contributed by atoms with E-state index < -0.39 is 72.2 Å². The maximum absolute atomic E-state index is 13.8. The lowest BCUT2D eigenvalue weighted by molar-refractivity contribution is -0.142. The number of hydrogen-bond donors (Lipinski definition) is 6. The van der Waals surface area contributed by atoms with Crippen LogP contribution in [0.4, 0.5) is 4.79 Å². The van der Waals surface area contributed by atoms with Crippen LogP contribution in [0.2, 0.25) is 0 Å². The average molecular weight is 700 g/mol. The molecule has 2 aliphatic rings. The van der Waals surface area contributed by atoms with Gasteiger partial charge in [0, 0.05) is 0 Å². The molecule has 5 amide bonds. The Bertz CT molecular complexity index is 1330. The molecule has 276 valence electrons. The Morgan fingerprint density at radius 1 is 0.820 bits per heavy atom. The number of carboxylic acids is 1.